The molecule has 0 radical (unpaired) electrons. The maximum atomic E-state index is 12.2. The van der Waals surface area contributed by atoms with E-state index in [-0.39, 0.29) is 11.9 Å². The minimum Gasteiger partial charge on any atom is -0.378 e. The van der Waals surface area contributed by atoms with Crippen molar-refractivity contribution >= 4 is 17.2 Å². The standard InChI is InChI=1S/C15H23N3O2S/c1-17-4-6-18(7-5-17)14-11-20-10-13(14)16-15(19)9-12-3-2-8-21-12/h2-3,8,13-14H,4-7,9-11H2,1H3,(H,16,19)/t13-,14-/m0/s1. The fourth-order valence-corrected chi connectivity index (χ4v) is 3.73. The Bertz CT molecular complexity index is 457. The molecule has 3 rings (SSSR count). The van der Waals surface area contributed by atoms with Gasteiger partial charge in [-0.2, -0.15) is 0 Å². The average molecular weight is 309 g/mol. The van der Waals surface area contributed by atoms with Gasteiger partial charge in [0.05, 0.1) is 31.7 Å². The lowest BCUT2D eigenvalue weighted by Gasteiger charge is -2.38. The normalized spacial score (nSPS) is 27.9. The molecule has 5 nitrogen and oxygen atoms in total. The highest BCUT2D eigenvalue weighted by Crippen LogP contribution is 2.16. The van der Waals surface area contributed by atoms with Crippen molar-refractivity contribution in [1.29, 1.82) is 0 Å². The summed E-state index contributed by atoms with van der Waals surface area (Å²) >= 11 is 1.63. The van der Waals surface area contributed by atoms with E-state index in [0.29, 0.717) is 19.1 Å². The van der Waals surface area contributed by atoms with Gasteiger partial charge in [0.2, 0.25) is 5.91 Å². The molecule has 0 unspecified atom stereocenters. The Morgan fingerprint density at radius 3 is 2.90 bits per heavy atom. The maximum Gasteiger partial charge on any atom is 0.225 e. The van der Waals surface area contributed by atoms with Gasteiger partial charge in [-0.1, -0.05) is 6.07 Å². The van der Waals surface area contributed by atoms with Crippen molar-refractivity contribution < 1.29 is 9.53 Å². The summed E-state index contributed by atoms with van der Waals surface area (Å²) in [6.45, 7) is 5.66. The third kappa shape index (κ3) is 3.83. The minimum atomic E-state index is 0.104. The predicted molar refractivity (Wildman–Crippen MR) is 83.6 cm³/mol. The quantitative estimate of drug-likeness (QED) is 0.876. The van der Waals surface area contributed by atoms with Crippen molar-refractivity contribution in [2.45, 2.75) is 18.5 Å². The second-order valence-electron chi connectivity index (χ2n) is 5.87. The van der Waals surface area contributed by atoms with Crippen molar-refractivity contribution in [1.82, 2.24) is 15.1 Å². The van der Waals surface area contributed by atoms with Crippen LogP contribution in [0.15, 0.2) is 17.5 Å². The van der Waals surface area contributed by atoms with Crippen LogP contribution < -0.4 is 5.32 Å². The molecule has 2 aliphatic heterocycles. The van der Waals surface area contributed by atoms with Gasteiger partial charge in [-0.05, 0) is 18.5 Å². The van der Waals surface area contributed by atoms with E-state index in [1.807, 2.05) is 17.5 Å². The molecule has 0 aliphatic carbocycles. The Morgan fingerprint density at radius 2 is 2.19 bits per heavy atom. The monoisotopic (exact) mass is 309 g/mol. The van der Waals surface area contributed by atoms with Crippen LogP contribution in [0, 0.1) is 0 Å². The summed E-state index contributed by atoms with van der Waals surface area (Å²) in [5, 5.41) is 5.17. The van der Waals surface area contributed by atoms with E-state index in [0.717, 1.165) is 37.7 Å². The highest BCUT2D eigenvalue weighted by molar-refractivity contribution is 7.10. The number of carbonyl (C=O) groups is 1. The topological polar surface area (TPSA) is 44.8 Å². The van der Waals surface area contributed by atoms with Gasteiger partial charge >= 0.3 is 0 Å². The van der Waals surface area contributed by atoms with Gasteiger partial charge in [0, 0.05) is 31.1 Å². The number of hydrogen-bond donors (Lipinski definition) is 1. The average Bonchev–Trinajstić information content (AvgIpc) is 3.11. The SMILES string of the molecule is CN1CCN([C@H]2COC[C@@H]2NC(=O)Cc2cccs2)CC1. The second kappa shape index (κ2) is 6.87. The number of rotatable bonds is 4. The van der Waals surface area contributed by atoms with Crippen LogP contribution in [0.5, 0.6) is 0 Å². The lowest BCUT2D eigenvalue weighted by atomic mass is 10.1. The summed E-state index contributed by atoms with van der Waals surface area (Å²) < 4.78 is 5.62. The highest BCUT2D eigenvalue weighted by Gasteiger charge is 2.35. The lowest BCUT2D eigenvalue weighted by molar-refractivity contribution is -0.121. The van der Waals surface area contributed by atoms with E-state index in [4.69, 9.17) is 4.74 Å². The van der Waals surface area contributed by atoms with Crippen LogP contribution in [0.2, 0.25) is 0 Å². The molecule has 2 fully saturated rings. The number of thiophene rings is 1. The van der Waals surface area contributed by atoms with Crippen molar-refractivity contribution in [3.63, 3.8) is 0 Å². The zero-order chi connectivity index (χ0) is 14.7. The van der Waals surface area contributed by atoms with E-state index in [2.05, 4.69) is 22.2 Å². The first-order valence-corrected chi connectivity index (χ1v) is 8.42. The van der Waals surface area contributed by atoms with E-state index < -0.39 is 0 Å². The fraction of sp³-hybridized carbons (Fsp3) is 0.667. The molecule has 1 amide bonds. The molecule has 0 saturated carbocycles. The number of ether oxygens (including phenoxy) is 1. The smallest absolute Gasteiger partial charge is 0.225 e. The summed E-state index contributed by atoms with van der Waals surface area (Å²) in [5.74, 6) is 0.104. The summed E-state index contributed by atoms with van der Waals surface area (Å²) in [5.41, 5.74) is 0. The van der Waals surface area contributed by atoms with Crippen LogP contribution in [0.3, 0.4) is 0 Å². The van der Waals surface area contributed by atoms with E-state index in [1.54, 1.807) is 11.3 Å². The molecule has 1 aromatic rings. The van der Waals surface area contributed by atoms with Crippen LogP contribution in [0.4, 0.5) is 0 Å². The van der Waals surface area contributed by atoms with Gasteiger partial charge in [0.15, 0.2) is 0 Å². The molecular weight excluding hydrogens is 286 g/mol. The fourth-order valence-electron chi connectivity index (χ4n) is 3.02. The Labute approximate surface area is 129 Å². The molecule has 21 heavy (non-hydrogen) atoms. The first-order chi connectivity index (χ1) is 10.2. The number of hydrogen-bond acceptors (Lipinski definition) is 5. The maximum absolute atomic E-state index is 12.2. The Hall–Kier alpha value is -0.950. The van der Waals surface area contributed by atoms with Crippen LogP contribution >= 0.6 is 11.3 Å². The van der Waals surface area contributed by atoms with Gasteiger partial charge < -0.3 is 15.0 Å². The van der Waals surface area contributed by atoms with Crippen LogP contribution in [-0.2, 0) is 16.0 Å². The van der Waals surface area contributed by atoms with Gasteiger partial charge in [-0.3, -0.25) is 9.69 Å². The Balaban J connectivity index is 1.53. The molecule has 116 valence electrons. The summed E-state index contributed by atoms with van der Waals surface area (Å²) in [4.78, 5) is 18.1. The molecule has 3 heterocycles. The van der Waals surface area contributed by atoms with Crippen LogP contribution in [0.25, 0.3) is 0 Å². The number of carbonyl (C=O) groups excluding carboxylic acids is 1. The van der Waals surface area contributed by atoms with Crippen molar-refractivity contribution in [3.8, 4) is 0 Å². The molecule has 2 saturated heterocycles. The van der Waals surface area contributed by atoms with Gasteiger partial charge in [-0.25, -0.2) is 0 Å². The zero-order valence-electron chi connectivity index (χ0n) is 12.5. The number of nitrogens with zero attached hydrogens (tertiary/aromatic N) is 2. The van der Waals surface area contributed by atoms with E-state index in [1.165, 1.54) is 0 Å². The molecular formula is C15H23N3O2S. The molecule has 0 aromatic carbocycles. The minimum absolute atomic E-state index is 0.104. The molecule has 2 atom stereocenters. The number of nitrogens with one attached hydrogen (secondary N) is 1. The van der Waals surface area contributed by atoms with Crippen molar-refractivity contribution in [2.24, 2.45) is 0 Å². The van der Waals surface area contributed by atoms with Gasteiger partial charge in [-0.15, -0.1) is 11.3 Å². The summed E-state index contributed by atoms with van der Waals surface area (Å²) in [7, 11) is 2.16. The molecule has 0 bridgehead atoms. The second-order valence-corrected chi connectivity index (χ2v) is 6.91. The number of amides is 1. The van der Waals surface area contributed by atoms with E-state index >= 15 is 0 Å². The third-order valence-corrected chi connectivity index (χ3v) is 5.20. The first-order valence-electron chi connectivity index (χ1n) is 7.54. The van der Waals surface area contributed by atoms with Crippen molar-refractivity contribution in [3.05, 3.63) is 22.4 Å². The molecule has 6 heteroatoms. The number of likely N-dealkylation sites (N-methyl/N-ethyl adjacent to an activating group) is 1. The largest absolute Gasteiger partial charge is 0.378 e. The molecule has 2 aliphatic rings. The van der Waals surface area contributed by atoms with Crippen molar-refractivity contribution in [2.75, 3.05) is 46.4 Å². The molecule has 1 aromatic heterocycles. The zero-order valence-corrected chi connectivity index (χ0v) is 13.3. The summed E-state index contributed by atoms with van der Waals surface area (Å²) in [6.07, 6.45) is 0.476. The predicted octanol–water partition coefficient (Wildman–Crippen LogP) is 0.422. The van der Waals surface area contributed by atoms with Gasteiger partial charge in [0.25, 0.3) is 0 Å². The first kappa shape index (κ1) is 15.0. The molecule has 0 spiro atoms. The Kier molecular flexibility index (Phi) is 4.90. The number of piperazine rings is 1. The third-order valence-electron chi connectivity index (χ3n) is 4.32. The van der Waals surface area contributed by atoms with E-state index in [9.17, 15) is 4.79 Å². The molecule has 1 N–H and O–H groups in total. The summed E-state index contributed by atoms with van der Waals surface area (Å²) in [6, 6.07) is 4.44. The van der Waals surface area contributed by atoms with Crippen LogP contribution in [-0.4, -0.2) is 74.2 Å². The lowest BCUT2D eigenvalue weighted by Crippen LogP contribution is -2.56. The van der Waals surface area contributed by atoms with Crippen LogP contribution in [0.1, 0.15) is 4.88 Å². The Morgan fingerprint density at radius 1 is 1.38 bits per heavy atom. The van der Waals surface area contributed by atoms with Gasteiger partial charge in [0.1, 0.15) is 0 Å². The highest BCUT2D eigenvalue weighted by atomic mass is 32.1.